The lowest BCUT2D eigenvalue weighted by molar-refractivity contribution is -0.116. The number of hydrogen-bond donors (Lipinski definition) is 0. The molecule has 18 heavy (non-hydrogen) atoms. The summed E-state index contributed by atoms with van der Waals surface area (Å²) in [6, 6.07) is 6.77. The lowest BCUT2D eigenvalue weighted by atomic mass is 10.1. The van der Waals surface area contributed by atoms with E-state index in [0.717, 1.165) is 5.56 Å². The first kappa shape index (κ1) is 14.6. The zero-order chi connectivity index (χ0) is 13.6. The minimum atomic E-state index is -3.12. The summed E-state index contributed by atoms with van der Waals surface area (Å²) >= 11 is 0. The smallest absolute Gasteiger partial charge is 0.178 e. The highest BCUT2D eigenvalue weighted by molar-refractivity contribution is 7.91. The normalized spacial score (nSPS) is 11.9. The molecule has 0 fully saturated rings. The van der Waals surface area contributed by atoms with Gasteiger partial charge in [-0.1, -0.05) is 31.2 Å². The van der Waals surface area contributed by atoms with Crippen molar-refractivity contribution in [3.63, 3.8) is 0 Å². The second kappa shape index (κ2) is 6.50. The van der Waals surface area contributed by atoms with Crippen molar-refractivity contribution in [2.45, 2.75) is 31.6 Å². The van der Waals surface area contributed by atoms with Gasteiger partial charge in [0.1, 0.15) is 5.78 Å². The minimum absolute atomic E-state index is 0.112. The van der Waals surface area contributed by atoms with Crippen LogP contribution in [0.5, 0.6) is 0 Å². The lowest BCUT2D eigenvalue weighted by Gasteiger charge is -2.01. The molecule has 3 nitrogen and oxygen atoms in total. The fourth-order valence-corrected chi connectivity index (χ4v) is 2.34. The van der Waals surface area contributed by atoms with Crippen LogP contribution >= 0.6 is 0 Å². The maximum Gasteiger partial charge on any atom is 0.178 e. The predicted octanol–water partition coefficient (Wildman–Crippen LogP) is 2.86. The first-order chi connectivity index (χ1) is 8.45. The summed E-state index contributed by atoms with van der Waals surface area (Å²) in [4.78, 5) is 11.1. The van der Waals surface area contributed by atoms with E-state index < -0.39 is 9.84 Å². The molecule has 1 aromatic carbocycles. The highest BCUT2D eigenvalue weighted by Gasteiger charge is 2.09. The summed E-state index contributed by atoms with van der Waals surface area (Å²) in [7, 11) is -3.12. The molecule has 1 rings (SSSR count). The Morgan fingerprint density at radius 3 is 2.33 bits per heavy atom. The van der Waals surface area contributed by atoms with E-state index >= 15 is 0 Å². The Bertz CT molecular complexity index is 525. The van der Waals surface area contributed by atoms with Crippen LogP contribution in [0.3, 0.4) is 0 Å². The molecule has 0 aliphatic carbocycles. The second-order valence-electron chi connectivity index (χ2n) is 4.12. The number of carbonyl (C=O) groups is 1. The third-order valence-electron chi connectivity index (χ3n) is 2.59. The topological polar surface area (TPSA) is 51.2 Å². The molecule has 98 valence electrons. The van der Waals surface area contributed by atoms with Crippen LogP contribution in [0.15, 0.2) is 35.2 Å². The van der Waals surface area contributed by atoms with Gasteiger partial charge in [-0.3, -0.25) is 0 Å². The van der Waals surface area contributed by atoms with Crippen LogP contribution in [0.25, 0.3) is 6.08 Å². The molecule has 0 unspecified atom stereocenters. The summed E-state index contributed by atoms with van der Waals surface area (Å²) in [5.74, 6) is 0.282. The summed E-state index contributed by atoms with van der Waals surface area (Å²) in [5, 5.41) is 0. The fourth-order valence-electron chi connectivity index (χ4n) is 1.46. The van der Waals surface area contributed by atoms with Crippen LogP contribution < -0.4 is 0 Å². The van der Waals surface area contributed by atoms with Crippen LogP contribution in [0.1, 0.15) is 32.3 Å². The molecular weight excluding hydrogens is 248 g/mol. The average Bonchev–Trinajstić information content (AvgIpc) is 2.35. The Morgan fingerprint density at radius 2 is 1.83 bits per heavy atom. The Morgan fingerprint density at radius 1 is 1.22 bits per heavy atom. The molecule has 1 aromatic rings. The van der Waals surface area contributed by atoms with Gasteiger partial charge in [-0.2, -0.15) is 0 Å². The molecule has 0 N–H and O–H groups in total. The number of rotatable bonds is 6. The van der Waals surface area contributed by atoms with Crippen LogP contribution in [-0.4, -0.2) is 20.0 Å². The van der Waals surface area contributed by atoms with Crippen molar-refractivity contribution in [3.05, 3.63) is 35.9 Å². The Kier molecular flexibility index (Phi) is 5.28. The van der Waals surface area contributed by atoms with Crippen molar-refractivity contribution < 1.29 is 13.2 Å². The van der Waals surface area contributed by atoms with Crippen LogP contribution in [0.4, 0.5) is 0 Å². The maximum absolute atomic E-state index is 11.6. The molecule has 0 aliphatic rings. The molecular formula is C14H18O3S. The van der Waals surface area contributed by atoms with Crippen molar-refractivity contribution in [2.75, 3.05) is 5.75 Å². The predicted molar refractivity (Wildman–Crippen MR) is 73.1 cm³/mol. The van der Waals surface area contributed by atoms with E-state index in [1.54, 1.807) is 38.1 Å². The van der Waals surface area contributed by atoms with E-state index in [1.807, 2.05) is 12.2 Å². The highest BCUT2D eigenvalue weighted by atomic mass is 32.2. The van der Waals surface area contributed by atoms with Gasteiger partial charge in [0.05, 0.1) is 10.6 Å². The largest absolute Gasteiger partial charge is 0.300 e. The first-order valence-corrected chi connectivity index (χ1v) is 7.59. The lowest BCUT2D eigenvalue weighted by Crippen LogP contribution is -2.02. The molecule has 0 saturated heterocycles. The Labute approximate surface area is 108 Å². The maximum atomic E-state index is 11.6. The van der Waals surface area contributed by atoms with Crippen LogP contribution in [0, 0.1) is 0 Å². The van der Waals surface area contributed by atoms with Gasteiger partial charge in [0, 0.05) is 6.42 Å². The minimum Gasteiger partial charge on any atom is -0.300 e. The van der Waals surface area contributed by atoms with Gasteiger partial charge < -0.3 is 4.79 Å². The van der Waals surface area contributed by atoms with Crippen molar-refractivity contribution in [2.24, 2.45) is 0 Å². The molecule has 0 bridgehead atoms. The molecule has 0 spiro atoms. The van der Waals surface area contributed by atoms with E-state index in [4.69, 9.17) is 0 Å². The van der Waals surface area contributed by atoms with E-state index in [-0.39, 0.29) is 11.5 Å². The fraction of sp³-hybridized carbons (Fsp3) is 0.357. The molecule has 0 amide bonds. The molecule has 0 atom stereocenters. The number of sulfone groups is 1. The van der Waals surface area contributed by atoms with Gasteiger partial charge in [-0.15, -0.1) is 0 Å². The third kappa shape index (κ3) is 4.45. The van der Waals surface area contributed by atoms with Gasteiger partial charge in [-0.25, -0.2) is 8.42 Å². The highest BCUT2D eigenvalue weighted by Crippen LogP contribution is 2.13. The summed E-state index contributed by atoms with van der Waals surface area (Å²) in [6.45, 7) is 3.20. The summed E-state index contributed by atoms with van der Waals surface area (Å²) in [5.41, 5.74) is 0.939. The van der Waals surface area contributed by atoms with E-state index in [9.17, 15) is 13.2 Å². The van der Waals surface area contributed by atoms with E-state index in [1.165, 1.54) is 0 Å². The molecule has 0 aliphatic heterocycles. The Balaban J connectivity index is 2.69. The quantitative estimate of drug-likeness (QED) is 0.795. The molecule has 0 saturated carbocycles. The van der Waals surface area contributed by atoms with Gasteiger partial charge in [0.2, 0.25) is 0 Å². The van der Waals surface area contributed by atoms with Gasteiger partial charge in [-0.05, 0) is 31.0 Å². The molecule has 0 heterocycles. The molecule has 0 radical (unpaired) electrons. The van der Waals surface area contributed by atoms with E-state index in [0.29, 0.717) is 17.7 Å². The van der Waals surface area contributed by atoms with E-state index in [2.05, 4.69) is 0 Å². The second-order valence-corrected chi connectivity index (χ2v) is 6.39. The molecule has 0 aromatic heterocycles. The van der Waals surface area contributed by atoms with Crippen molar-refractivity contribution >= 4 is 21.7 Å². The van der Waals surface area contributed by atoms with Gasteiger partial charge >= 0.3 is 0 Å². The summed E-state index contributed by atoms with van der Waals surface area (Å²) in [6.07, 6.45) is 5.07. The van der Waals surface area contributed by atoms with Gasteiger partial charge in [0.15, 0.2) is 9.84 Å². The Hall–Kier alpha value is -1.42. The zero-order valence-electron chi connectivity index (χ0n) is 10.7. The number of Topliss-reactive ketones (excluding diaryl/α,β-unsaturated/α-hetero) is 1. The number of hydrogen-bond acceptors (Lipinski definition) is 3. The average molecular weight is 266 g/mol. The van der Waals surface area contributed by atoms with Crippen LogP contribution in [-0.2, 0) is 14.6 Å². The SMILES string of the molecule is CCS(=O)(=O)c1ccc(/C=C/CCC(C)=O)cc1. The van der Waals surface area contributed by atoms with Crippen molar-refractivity contribution in [3.8, 4) is 0 Å². The number of allylic oxidation sites excluding steroid dienone is 1. The van der Waals surface area contributed by atoms with Crippen molar-refractivity contribution in [1.29, 1.82) is 0 Å². The number of carbonyl (C=O) groups excluding carboxylic acids is 1. The molecule has 4 heteroatoms. The van der Waals surface area contributed by atoms with Crippen molar-refractivity contribution in [1.82, 2.24) is 0 Å². The van der Waals surface area contributed by atoms with Crippen LogP contribution in [0.2, 0.25) is 0 Å². The monoisotopic (exact) mass is 266 g/mol. The van der Waals surface area contributed by atoms with Gasteiger partial charge in [0.25, 0.3) is 0 Å². The summed E-state index contributed by atoms with van der Waals surface area (Å²) < 4.78 is 23.2. The zero-order valence-corrected chi connectivity index (χ0v) is 11.5. The number of ketones is 1. The standard InChI is InChI=1S/C14H18O3S/c1-3-18(16,17)14-10-8-13(9-11-14)7-5-4-6-12(2)15/h5,7-11H,3-4,6H2,1-2H3/b7-5+. The first-order valence-electron chi connectivity index (χ1n) is 5.94. The third-order valence-corrected chi connectivity index (χ3v) is 4.34. The number of benzene rings is 1.